The molecule has 0 saturated heterocycles. The molecular formula is C21H25N5O2. The molecule has 3 aromatic rings. The van der Waals surface area contributed by atoms with Gasteiger partial charge in [-0.2, -0.15) is 10.1 Å². The third-order valence-electron chi connectivity index (χ3n) is 5.04. The number of aryl methyl sites for hydroxylation is 1. The lowest BCUT2D eigenvalue weighted by Crippen LogP contribution is -2.41. The van der Waals surface area contributed by atoms with Crippen LogP contribution in [0.15, 0.2) is 30.6 Å². The maximum Gasteiger partial charge on any atom is 0.270 e. The minimum atomic E-state index is -0.369. The first-order chi connectivity index (χ1) is 13.2. The number of nitrogens with zero attached hydrogens (tertiary/aromatic N) is 4. The highest BCUT2D eigenvalue weighted by Gasteiger charge is 2.35. The second-order valence-corrected chi connectivity index (χ2v) is 8.33. The van der Waals surface area contributed by atoms with Gasteiger partial charge in [0.2, 0.25) is 0 Å². The third-order valence-corrected chi connectivity index (χ3v) is 5.04. The quantitative estimate of drug-likeness (QED) is 0.752. The van der Waals surface area contributed by atoms with E-state index in [2.05, 4.69) is 34.2 Å². The van der Waals surface area contributed by atoms with Gasteiger partial charge in [-0.15, -0.1) is 0 Å². The van der Waals surface area contributed by atoms with Crippen molar-refractivity contribution < 1.29 is 9.53 Å². The van der Waals surface area contributed by atoms with E-state index in [-0.39, 0.29) is 23.5 Å². The molecule has 1 aromatic carbocycles. The van der Waals surface area contributed by atoms with Gasteiger partial charge in [0.25, 0.3) is 11.7 Å². The third kappa shape index (κ3) is 3.32. The van der Waals surface area contributed by atoms with Crippen molar-refractivity contribution in [2.24, 2.45) is 0 Å². The van der Waals surface area contributed by atoms with Gasteiger partial charge in [0.1, 0.15) is 23.4 Å². The molecule has 28 heavy (non-hydrogen) atoms. The lowest BCUT2D eigenvalue weighted by atomic mass is 9.89. The van der Waals surface area contributed by atoms with Crippen LogP contribution in [0.2, 0.25) is 0 Å². The van der Waals surface area contributed by atoms with Crippen LogP contribution in [-0.2, 0) is 0 Å². The van der Waals surface area contributed by atoms with Crippen LogP contribution in [0.25, 0.3) is 5.78 Å². The van der Waals surface area contributed by atoms with Crippen LogP contribution in [0.5, 0.6) is 5.75 Å². The zero-order chi connectivity index (χ0) is 20.1. The maximum atomic E-state index is 13.1. The van der Waals surface area contributed by atoms with Gasteiger partial charge in [-0.3, -0.25) is 4.79 Å². The number of amides is 1. The Balaban J connectivity index is 1.68. The molecule has 1 N–H and O–H groups in total. The fourth-order valence-corrected chi connectivity index (χ4v) is 3.68. The van der Waals surface area contributed by atoms with Gasteiger partial charge < -0.3 is 10.1 Å². The fourth-order valence-electron chi connectivity index (χ4n) is 3.68. The van der Waals surface area contributed by atoms with E-state index in [0.29, 0.717) is 17.9 Å². The average Bonchev–Trinajstić information content (AvgIpc) is 3.07. The SMILES string of the molecule is Cc1ccc2c(c1)OC(C)(C)CC2NC(=O)c1cc(C(C)C)n2ncnc2n1. The van der Waals surface area contributed by atoms with E-state index in [0.717, 1.165) is 22.6 Å². The van der Waals surface area contributed by atoms with E-state index in [1.54, 1.807) is 10.6 Å². The normalized spacial score (nSPS) is 18.0. The second kappa shape index (κ2) is 6.58. The predicted molar refractivity (Wildman–Crippen MR) is 106 cm³/mol. The summed E-state index contributed by atoms with van der Waals surface area (Å²) in [6, 6.07) is 7.73. The second-order valence-electron chi connectivity index (χ2n) is 8.33. The van der Waals surface area contributed by atoms with Crippen molar-refractivity contribution in [3.8, 4) is 5.75 Å². The molecule has 0 saturated carbocycles. The fraction of sp³-hybridized carbons (Fsp3) is 0.429. The Bertz CT molecular complexity index is 1050. The zero-order valence-electron chi connectivity index (χ0n) is 16.9. The number of carbonyl (C=O) groups excluding carboxylic acids is 1. The molecule has 0 bridgehead atoms. The largest absolute Gasteiger partial charge is 0.487 e. The molecule has 2 aromatic heterocycles. The molecule has 1 unspecified atom stereocenters. The Morgan fingerprint density at radius 1 is 1.32 bits per heavy atom. The number of fused-ring (bicyclic) bond motifs is 2. The maximum absolute atomic E-state index is 13.1. The molecule has 146 valence electrons. The van der Waals surface area contributed by atoms with E-state index in [4.69, 9.17) is 4.74 Å². The molecule has 0 radical (unpaired) electrons. The summed E-state index contributed by atoms with van der Waals surface area (Å²) in [7, 11) is 0. The van der Waals surface area contributed by atoms with Crippen molar-refractivity contribution in [2.45, 2.75) is 58.6 Å². The van der Waals surface area contributed by atoms with Crippen molar-refractivity contribution in [3.63, 3.8) is 0 Å². The molecule has 0 aliphatic carbocycles. The van der Waals surface area contributed by atoms with Gasteiger partial charge in [-0.25, -0.2) is 9.50 Å². The summed E-state index contributed by atoms with van der Waals surface area (Å²) in [6.07, 6.45) is 2.13. The first-order valence-corrected chi connectivity index (χ1v) is 9.54. The lowest BCUT2D eigenvalue weighted by molar-refractivity contribution is 0.0617. The monoisotopic (exact) mass is 379 g/mol. The summed E-state index contributed by atoms with van der Waals surface area (Å²) in [5.41, 5.74) is 3.00. The van der Waals surface area contributed by atoms with Crippen LogP contribution >= 0.6 is 0 Å². The van der Waals surface area contributed by atoms with Crippen LogP contribution in [0, 0.1) is 6.92 Å². The average molecular weight is 379 g/mol. The van der Waals surface area contributed by atoms with Crippen LogP contribution in [0.1, 0.15) is 73.4 Å². The number of hydrogen-bond donors (Lipinski definition) is 1. The molecule has 0 fully saturated rings. The highest BCUT2D eigenvalue weighted by Crippen LogP contribution is 2.40. The summed E-state index contributed by atoms with van der Waals surface area (Å²) in [5.74, 6) is 1.22. The van der Waals surface area contributed by atoms with Crippen LogP contribution < -0.4 is 10.1 Å². The van der Waals surface area contributed by atoms with Gasteiger partial charge in [0.15, 0.2) is 0 Å². The van der Waals surface area contributed by atoms with E-state index >= 15 is 0 Å². The minimum Gasteiger partial charge on any atom is -0.487 e. The van der Waals surface area contributed by atoms with Crippen LogP contribution in [0.4, 0.5) is 0 Å². The van der Waals surface area contributed by atoms with E-state index in [1.807, 2.05) is 39.0 Å². The molecule has 1 amide bonds. The number of hydrogen-bond acceptors (Lipinski definition) is 5. The smallest absolute Gasteiger partial charge is 0.270 e. The molecule has 7 nitrogen and oxygen atoms in total. The van der Waals surface area contributed by atoms with Gasteiger partial charge in [0, 0.05) is 12.0 Å². The Morgan fingerprint density at radius 3 is 2.86 bits per heavy atom. The summed E-state index contributed by atoms with van der Waals surface area (Å²) >= 11 is 0. The van der Waals surface area contributed by atoms with Crippen molar-refractivity contribution in [3.05, 3.63) is 53.1 Å². The van der Waals surface area contributed by atoms with Gasteiger partial charge in [0.05, 0.1) is 11.7 Å². The van der Waals surface area contributed by atoms with Gasteiger partial charge in [-0.1, -0.05) is 26.0 Å². The standard InChI is InChI=1S/C21H25N5O2/c1-12(2)17-9-15(25-20-22-11-23-26(17)20)19(27)24-16-10-21(4,5)28-18-8-13(3)6-7-14(16)18/h6-9,11-12,16H,10H2,1-5H3,(H,24,27). The number of carbonyl (C=O) groups is 1. The minimum absolute atomic E-state index is 0.148. The highest BCUT2D eigenvalue weighted by atomic mass is 16.5. The molecule has 1 aliphatic heterocycles. The van der Waals surface area contributed by atoms with Crippen molar-refractivity contribution in [2.75, 3.05) is 0 Å². The number of aromatic nitrogens is 4. The molecular weight excluding hydrogens is 354 g/mol. The van der Waals surface area contributed by atoms with E-state index in [9.17, 15) is 4.79 Å². The Kier molecular flexibility index (Phi) is 4.33. The molecule has 1 aliphatic rings. The topological polar surface area (TPSA) is 81.4 Å². The van der Waals surface area contributed by atoms with Gasteiger partial charge >= 0.3 is 0 Å². The van der Waals surface area contributed by atoms with Crippen LogP contribution in [0.3, 0.4) is 0 Å². The summed E-state index contributed by atoms with van der Waals surface area (Å²) in [5, 5.41) is 7.36. The van der Waals surface area contributed by atoms with Gasteiger partial charge in [-0.05, 0) is 44.4 Å². The van der Waals surface area contributed by atoms with Crippen LogP contribution in [-0.4, -0.2) is 31.1 Å². The highest BCUT2D eigenvalue weighted by molar-refractivity contribution is 5.93. The predicted octanol–water partition coefficient (Wildman–Crippen LogP) is 3.59. The first kappa shape index (κ1) is 18.4. The molecule has 1 atom stereocenters. The molecule has 0 spiro atoms. The van der Waals surface area contributed by atoms with E-state index in [1.165, 1.54) is 6.33 Å². The number of ether oxygens (including phenoxy) is 1. The van der Waals surface area contributed by atoms with E-state index < -0.39 is 0 Å². The zero-order valence-corrected chi connectivity index (χ0v) is 16.9. The number of benzene rings is 1. The lowest BCUT2D eigenvalue weighted by Gasteiger charge is -2.38. The Morgan fingerprint density at radius 2 is 2.11 bits per heavy atom. The van der Waals surface area contributed by atoms with Crippen molar-refractivity contribution in [1.82, 2.24) is 24.9 Å². The summed E-state index contributed by atoms with van der Waals surface area (Å²) in [4.78, 5) is 21.6. The first-order valence-electron chi connectivity index (χ1n) is 9.54. The van der Waals surface area contributed by atoms with Crippen molar-refractivity contribution in [1.29, 1.82) is 0 Å². The Labute approximate surface area is 164 Å². The summed E-state index contributed by atoms with van der Waals surface area (Å²) < 4.78 is 7.80. The number of nitrogens with one attached hydrogen (secondary N) is 1. The summed E-state index contributed by atoms with van der Waals surface area (Å²) in [6.45, 7) is 10.2. The molecule has 3 heterocycles. The molecule has 4 rings (SSSR count). The molecule has 7 heteroatoms. The van der Waals surface area contributed by atoms with Crippen molar-refractivity contribution >= 4 is 11.7 Å². The number of rotatable bonds is 3. The Hall–Kier alpha value is -2.96.